The molecule has 0 aromatic heterocycles. The first-order chi connectivity index (χ1) is 16.7. The maximum atomic E-state index is 13.0. The number of carbonyl (C=O) groups excluding carboxylic acids is 2. The van der Waals surface area contributed by atoms with Gasteiger partial charge in [0.05, 0.1) is 16.1 Å². The lowest BCUT2D eigenvalue weighted by molar-refractivity contribution is -0.118. The molecular formula is C25H25N3O6S. The highest BCUT2D eigenvalue weighted by atomic mass is 32.2. The Labute approximate surface area is 203 Å². The van der Waals surface area contributed by atoms with Gasteiger partial charge in [-0.2, -0.15) is 0 Å². The zero-order chi connectivity index (χ0) is 25.0. The Kier molecular flexibility index (Phi) is 6.92. The highest BCUT2D eigenvalue weighted by Crippen LogP contribution is 2.33. The van der Waals surface area contributed by atoms with Crippen LogP contribution in [0, 0.1) is 5.92 Å². The van der Waals surface area contributed by atoms with Crippen molar-refractivity contribution in [3.8, 4) is 11.5 Å². The van der Waals surface area contributed by atoms with Gasteiger partial charge in [-0.25, -0.2) is 8.42 Å². The molecule has 9 nitrogen and oxygen atoms in total. The summed E-state index contributed by atoms with van der Waals surface area (Å²) in [6.45, 7) is 4.29. The largest absolute Gasteiger partial charge is 0.486 e. The molecule has 0 bridgehead atoms. The van der Waals surface area contributed by atoms with Crippen molar-refractivity contribution in [2.75, 3.05) is 28.6 Å². The predicted molar refractivity (Wildman–Crippen MR) is 133 cm³/mol. The second kappa shape index (κ2) is 10.1. The maximum absolute atomic E-state index is 13.0. The number of para-hydroxylation sites is 1. The van der Waals surface area contributed by atoms with Crippen LogP contribution in [0.3, 0.4) is 0 Å². The van der Waals surface area contributed by atoms with Crippen LogP contribution in [0.15, 0.2) is 71.6 Å². The van der Waals surface area contributed by atoms with Crippen LogP contribution in [0.25, 0.3) is 0 Å². The lowest BCUT2D eigenvalue weighted by Crippen LogP contribution is -2.20. The highest BCUT2D eigenvalue weighted by molar-refractivity contribution is 7.92. The van der Waals surface area contributed by atoms with E-state index in [-0.39, 0.29) is 28.0 Å². The maximum Gasteiger partial charge on any atom is 0.262 e. The summed E-state index contributed by atoms with van der Waals surface area (Å²) >= 11 is 0. The number of ether oxygens (including phenoxy) is 2. The second-order valence-electron chi connectivity index (χ2n) is 8.14. The van der Waals surface area contributed by atoms with Crippen molar-refractivity contribution in [3.63, 3.8) is 0 Å². The number of hydrogen-bond acceptors (Lipinski definition) is 6. The number of carbonyl (C=O) groups is 2. The third-order valence-electron chi connectivity index (χ3n) is 5.15. The number of sulfonamides is 1. The summed E-state index contributed by atoms with van der Waals surface area (Å²) in [7, 11) is -4.02. The molecule has 1 aliphatic heterocycles. The number of rotatable bonds is 7. The monoisotopic (exact) mass is 495 g/mol. The van der Waals surface area contributed by atoms with Crippen molar-refractivity contribution in [2.24, 2.45) is 5.92 Å². The van der Waals surface area contributed by atoms with Gasteiger partial charge in [0.25, 0.3) is 15.9 Å². The number of benzene rings is 3. The van der Waals surface area contributed by atoms with Crippen molar-refractivity contribution in [1.29, 1.82) is 0 Å². The van der Waals surface area contributed by atoms with Crippen LogP contribution in [0.5, 0.6) is 11.5 Å². The van der Waals surface area contributed by atoms with E-state index < -0.39 is 15.9 Å². The predicted octanol–water partition coefficient (Wildman–Crippen LogP) is 4.11. The van der Waals surface area contributed by atoms with Gasteiger partial charge in [0.15, 0.2) is 11.5 Å². The third-order valence-corrected chi connectivity index (χ3v) is 6.52. The van der Waals surface area contributed by atoms with Gasteiger partial charge in [0, 0.05) is 23.4 Å². The first kappa shape index (κ1) is 24.1. The van der Waals surface area contributed by atoms with Crippen molar-refractivity contribution in [2.45, 2.75) is 18.7 Å². The van der Waals surface area contributed by atoms with Gasteiger partial charge in [0.1, 0.15) is 13.2 Å². The Morgan fingerprint density at radius 1 is 0.829 bits per heavy atom. The van der Waals surface area contributed by atoms with Crippen molar-refractivity contribution >= 4 is 38.9 Å². The molecule has 0 atom stereocenters. The molecule has 4 rings (SSSR count). The van der Waals surface area contributed by atoms with E-state index in [2.05, 4.69) is 15.4 Å². The number of hydrogen-bond donors (Lipinski definition) is 3. The van der Waals surface area contributed by atoms with Gasteiger partial charge in [0.2, 0.25) is 5.91 Å². The van der Waals surface area contributed by atoms with Crippen molar-refractivity contribution in [1.82, 2.24) is 0 Å². The Balaban J connectivity index is 1.53. The Morgan fingerprint density at radius 2 is 1.51 bits per heavy atom. The number of fused-ring (bicyclic) bond motifs is 1. The molecule has 35 heavy (non-hydrogen) atoms. The average Bonchev–Trinajstić information content (AvgIpc) is 2.84. The molecule has 0 fully saturated rings. The zero-order valence-electron chi connectivity index (χ0n) is 19.2. The molecule has 0 spiro atoms. The van der Waals surface area contributed by atoms with Gasteiger partial charge >= 0.3 is 0 Å². The molecule has 1 aliphatic rings. The minimum Gasteiger partial charge on any atom is -0.486 e. The summed E-state index contributed by atoms with van der Waals surface area (Å²) in [6.07, 6.45) is 0. The first-order valence-corrected chi connectivity index (χ1v) is 12.4. The molecule has 0 aliphatic carbocycles. The standard InChI is InChI=1S/C25H25N3O6S/c1-16(2)24(29)26-17-6-5-7-18(14-17)27-25(30)20-8-3-4-9-21(20)28-35(31,32)19-10-11-22-23(15-19)34-13-12-33-22/h3-11,14-16,28H,12-13H2,1-2H3,(H,26,29)(H,27,30). The molecule has 3 N–H and O–H groups in total. The zero-order valence-corrected chi connectivity index (χ0v) is 20.0. The molecule has 0 saturated carbocycles. The molecule has 3 aromatic rings. The molecule has 0 saturated heterocycles. The number of nitrogens with one attached hydrogen (secondary N) is 3. The highest BCUT2D eigenvalue weighted by Gasteiger charge is 2.22. The lowest BCUT2D eigenvalue weighted by atomic mass is 10.1. The molecule has 1 heterocycles. The van der Waals surface area contributed by atoms with Gasteiger partial charge in [-0.15, -0.1) is 0 Å². The Morgan fingerprint density at radius 3 is 2.26 bits per heavy atom. The van der Waals surface area contributed by atoms with Crippen molar-refractivity contribution in [3.05, 3.63) is 72.3 Å². The normalized spacial score (nSPS) is 12.7. The van der Waals surface area contributed by atoms with E-state index in [9.17, 15) is 18.0 Å². The van der Waals surface area contributed by atoms with Gasteiger partial charge in [-0.3, -0.25) is 14.3 Å². The second-order valence-corrected chi connectivity index (χ2v) is 9.82. The summed E-state index contributed by atoms with van der Waals surface area (Å²) in [5, 5.41) is 5.52. The van der Waals surface area contributed by atoms with Crippen LogP contribution in [0.1, 0.15) is 24.2 Å². The van der Waals surface area contributed by atoms with Crippen LogP contribution in [-0.2, 0) is 14.8 Å². The van der Waals surface area contributed by atoms with Crippen LogP contribution in [-0.4, -0.2) is 33.4 Å². The van der Waals surface area contributed by atoms with E-state index in [0.29, 0.717) is 36.1 Å². The Bertz CT molecular complexity index is 1370. The van der Waals surface area contributed by atoms with Crippen LogP contribution in [0.4, 0.5) is 17.1 Å². The molecule has 10 heteroatoms. The Hall–Kier alpha value is -4.05. The molecule has 0 radical (unpaired) electrons. The summed E-state index contributed by atoms with van der Waals surface area (Å²) in [6, 6.07) is 17.3. The smallest absolute Gasteiger partial charge is 0.262 e. The van der Waals surface area contributed by atoms with E-state index in [1.165, 1.54) is 30.3 Å². The van der Waals surface area contributed by atoms with Gasteiger partial charge in [-0.05, 0) is 42.5 Å². The quantitative estimate of drug-likeness (QED) is 0.453. The minimum absolute atomic E-state index is 0.0226. The summed E-state index contributed by atoms with van der Waals surface area (Å²) < 4.78 is 39.5. The fourth-order valence-electron chi connectivity index (χ4n) is 3.32. The molecule has 182 valence electrons. The van der Waals surface area contributed by atoms with E-state index in [1.807, 2.05) is 0 Å². The van der Waals surface area contributed by atoms with Crippen LogP contribution < -0.4 is 24.8 Å². The summed E-state index contributed by atoms with van der Waals surface area (Å²) in [4.78, 5) is 25.0. The SMILES string of the molecule is CC(C)C(=O)Nc1cccc(NC(=O)c2ccccc2NS(=O)(=O)c2ccc3c(c2)OCCO3)c1. The molecule has 0 unspecified atom stereocenters. The fraction of sp³-hybridized carbons (Fsp3) is 0.200. The fourth-order valence-corrected chi connectivity index (χ4v) is 4.42. The molecule has 3 aromatic carbocycles. The van der Waals surface area contributed by atoms with Crippen LogP contribution in [0.2, 0.25) is 0 Å². The van der Waals surface area contributed by atoms with Crippen molar-refractivity contribution < 1.29 is 27.5 Å². The van der Waals surface area contributed by atoms with Gasteiger partial charge < -0.3 is 20.1 Å². The number of anilines is 3. The third kappa shape index (κ3) is 5.72. The van der Waals surface area contributed by atoms with Gasteiger partial charge in [-0.1, -0.05) is 32.0 Å². The summed E-state index contributed by atoms with van der Waals surface area (Å²) in [5.41, 5.74) is 1.23. The van der Waals surface area contributed by atoms with E-state index in [4.69, 9.17) is 9.47 Å². The molecule has 2 amide bonds. The molecular weight excluding hydrogens is 470 g/mol. The number of amides is 2. The average molecular weight is 496 g/mol. The van der Waals surface area contributed by atoms with E-state index in [0.717, 1.165) is 0 Å². The summed E-state index contributed by atoms with van der Waals surface area (Å²) in [5.74, 6) is -0.0380. The van der Waals surface area contributed by atoms with E-state index >= 15 is 0 Å². The topological polar surface area (TPSA) is 123 Å². The van der Waals surface area contributed by atoms with Crippen LogP contribution >= 0.6 is 0 Å². The van der Waals surface area contributed by atoms with E-state index in [1.54, 1.807) is 50.2 Å². The first-order valence-electron chi connectivity index (χ1n) is 11.0. The minimum atomic E-state index is -4.02. The lowest BCUT2D eigenvalue weighted by Gasteiger charge is -2.19.